The number of aryl methyl sites for hydroxylation is 1. The number of nitrogens with zero attached hydrogens (tertiary/aromatic N) is 3. The number of anilines is 1. The van der Waals surface area contributed by atoms with Crippen LogP contribution in [0.2, 0.25) is 0 Å². The molecule has 32 heavy (non-hydrogen) atoms. The van der Waals surface area contributed by atoms with Gasteiger partial charge < -0.3 is 9.64 Å². The highest BCUT2D eigenvalue weighted by Gasteiger charge is 2.24. The van der Waals surface area contributed by atoms with Crippen LogP contribution in [0.3, 0.4) is 0 Å². The summed E-state index contributed by atoms with van der Waals surface area (Å²) < 4.78 is 6.89. The highest BCUT2D eigenvalue weighted by atomic mass is 16.5. The van der Waals surface area contributed by atoms with Crippen LogP contribution in [0, 0.1) is 6.92 Å². The van der Waals surface area contributed by atoms with Crippen molar-refractivity contribution in [2.24, 2.45) is 0 Å². The van der Waals surface area contributed by atoms with Gasteiger partial charge in [0.1, 0.15) is 11.4 Å². The van der Waals surface area contributed by atoms with E-state index < -0.39 is 0 Å². The molecule has 0 amide bonds. The second kappa shape index (κ2) is 8.54. The van der Waals surface area contributed by atoms with Gasteiger partial charge in [-0.25, -0.2) is 4.98 Å². The van der Waals surface area contributed by atoms with E-state index in [4.69, 9.17) is 9.72 Å². The molecule has 0 atom stereocenters. The van der Waals surface area contributed by atoms with Crippen molar-refractivity contribution >= 4 is 11.3 Å². The Labute approximate surface area is 187 Å². The summed E-state index contributed by atoms with van der Waals surface area (Å²) in [5.41, 5.74) is 6.27. The summed E-state index contributed by atoms with van der Waals surface area (Å²) in [6.07, 6.45) is 4.09. The Morgan fingerprint density at radius 2 is 1.72 bits per heavy atom. The second-order valence-corrected chi connectivity index (χ2v) is 8.41. The van der Waals surface area contributed by atoms with Crippen molar-refractivity contribution in [2.45, 2.75) is 32.6 Å². The normalized spacial score (nSPS) is 14.1. The highest BCUT2D eigenvalue weighted by Crippen LogP contribution is 2.34. The average molecular weight is 429 g/mol. The number of ether oxygens (including phenoxy) is 1. The van der Waals surface area contributed by atoms with E-state index in [1.807, 2.05) is 49.4 Å². The molecule has 0 aliphatic carbocycles. The van der Waals surface area contributed by atoms with Crippen LogP contribution in [0.5, 0.6) is 5.75 Å². The van der Waals surface area contributed by atoms with Gasteiger partial charge in [0, 0.05) is 36.3 Å². The zero-order valence-electron chi connectivity index (χ0n) is 18.6. The van der Waals surface area contributed by atoms with Crippen molar-refractivity contribution in [3.05, 3.63) is 81.8 Å². The summed E-state index contributed by atoms with van der Waals surface area (Å²) in [5.74, 6) is 0.804. The Balaban J connectivity index is 1.65. The van der Waals surface area contributed by atoms with Gasteiger partial charge in [0.05, 0.1) is 12.8 Å². The first-order valence-corrected chi connectivity index (χ1v) is 11.2. The van der Waals surface area contributed by atoms with Gasteiger partial charge in [0.15, 0.2) is 5.65 Å². The molecule has 164 valence electrons. The lowest BCUT2D eigenvalue weighted by atomic mass is 10.0. The number of piperidine rings is 1. The minimum absolute atomic E-state index is 0.0382. The number of nitrogens with one attached hydrogen (secondary N) is 1. The molecule has 0 radical (unpaired) electrons. The summed E-state index contributed by atoms with van der Waals surface area (Å²) in [6.45, 7) is 3.90. The largest absolute Gasteiger partial charge is 0.497 e. The second-order valence-electron chi connectivity index (χ2n) is 8.41. The first-order chi connectivity index (χ1) is 15.7. The average Bonchev–Trinajstić information content (AvgIpc) is 3.22. The van der Waals surface area contributed by atoms with Crippen LogP contribution in [-0.2, 0) is 6.42 Å². The zero-order valence-corrected chi connectivity index (χ0v) is 18.6. The van der Waals surface area contributed by atoms with Gasteiger partial charge in [-0.2, -0.15) is 4.52 Å². The van der Waals surface area contributed by atoms with E-state index in [0.717, 1.165) is 59.9 Å². The summed E-state index contributed by atoms with van der Waals surface area (Å²) in [7, 11) is 1.65. The standard InChI is InChI=1S/C26H28N4O2/c1-18-22(17-19-11-13-21(32-2)14-12-19)26(31)30-25(27-18)24(29-15-7-4-8-16-29)23(28-30)20-9-5-3-6-10-20/h3,5-6,9-14,28H,4,7-8,15-17H2,1-2H3. The lowest BCUT2D eigenvalue weighted by Crippen LogP contribution is -2.30. The van der Waals surface area contributed by atoms with Crippen molar-refractivity contribution in [1.82, 2.24) is 14.6 Å². The van der Waals surface area contributed by atoms with Crippen molar-refractivity contribution in [1.29, 1.82) is 0 Å². The third-order valence-corrected chi connectivity index (χ3v) is 6.33. The topological polar surface area (TPSA) is 62.6 Å². The molecule has 3 heterocycles. The van der Waals surface area contributed by atoms with Crippen molar-refractivity contribution in [3.63, 3.8) is 0 Å². The molecule has 6 nitrogen and oxygen atoms in total. The van der Waals surface area contributed by atoms with E-state index in [-0.39, 0.29) is 5.56 Å². The smallest absolute Gasteiger partial charge is 0.276 e. The zero-order chi connectivity index (χ0) is 22.1. The molecule has 4 aromatic rings. The molecule has 1 fully saturated rings. The molecular formula is C26H28N4O2. The molecule has 1 saturated heterocycles. The fraction of sp³-hybridized carbons (Fsp3) is 0.308. The molecule has 2 aromatic heterocycles. The number of aromatic amines is 1. The molecule has 1 aliphatic heterocycles. The Kier molecular flexibility index (Phi) is 5.43. The molecule has 1 N–H and O–H groups in total. The van der Waals surface area contributed by atoms with Crippen LogP contribution in [0.15, 0.2) is 59.4 Å². The first kappa shape index (κ1) is 20.4. The third-order valence-electron chi connectivity index (χ3n) is 6.33. The van der Waals surface area contributed by atoms with Gasteiger partial charge in [0.2, 0.25) is 0 Å². The fourth-order valence-corrected chi connectivity index (χ4v) is 4.58. The van der Waals surface area contributed by atoms with E-state index in [0.29, 0.717) is 17.6 Å². The van der Waals surface area contributed by atoms with Gasteiger partial charge in [-0.1, -0.05) is 42.5 Å². The van der Waals surface area contributed by atoms with Crippen molar-refractivity contribution in [3.8, 4) is 17.0 Å². The monoisotopic (exact) mass is 428 g/mol. The molecule has 0 bridgehead atoms. The number of benzene rings is 2. The predicted octanol–water partition coefficient (Wildman–Crippen LogP) is 4.59. The molecule has 5 rings (SSSR count). The van der Waals surface area contributed by atoms with E-state index >= 15 is 0 Å². The van der Waals surface area contributed by atoms with Crippen molar-refractivity contribution < 1.29 is 4.74 Å². The van der Waals surface area contributed by atoms with E-state index in [1.54, 1.807) is 11.6 Å². The van der Waals surface area contributed by atoms with E-state index in [1.165, 1.54) is 6.42 Å². The molecule has 0 unspecified atom stereocenters. The maximum absolute atomic E-state index is 13.6. The van der Waals surface area contributed by atoms with Crippen molar-refractivity contribution in [2.75, 3.05) is 25.1 Å². The molecular weight excluding hydrogens is 400 g/mol. The first-order valence-electron chi connectivity index (χ1n) is 11.2. The lowest BCUT2D eigenvalue weighted by molar-refractivity contribution is 0.414. The van der Waals surface area contributed by atoms with Crippen LogP contribution in [0.4, 0.5) is 5.69 Å². The van der Waals surface area contributed by atoms with Gasteiger partial charge >= 0.3 is 0 Å². The lowest BCUT2D eigenvalue weighted by Gasteiger charge is -2.28. The van der Waals surface area contributed by atoms with Crippen LogP contribution < -0.4 is 15.2 Å². The Morgan fingerprint density at radius 3 is 2.41 bits per heavy atom. The van der Waals surface area contributed by atoms with Gasteiger partial charge in [-0.15, -0.1) is 0 Å². The van der Waals surface area contributed by atoms with Gasteiger partial charge in [-0.05, 0) is 43.9 Å². The maximum Gasteiger partial charge on any atom is 0.276 e. The number of fused-ring (bicyclic) bond motifs is 1. The van der Waals surface area contributed by atoms with E-state index in [2.05, 4.69) is 22.1 Å². The molecule has 0 spiro atoms. The van der Waals surface area contributed by atoms with E-state index in [9.17, 15) is 4.79 Å². The highest BCUT2D eigenvalue weighted by molar-refractivity contribution is 5.86. The molecule has 1 aliphatic rings. The minimum atomic E-state index is -0.0382. The summed E-state index contributed by atoms with van der Waals surface area (Å²) in [5, 5.41) is 3.40. The number of rotatable bonds is 5. The summed E-state index contributed by atoms with van der Waals surface area (Å²) >= 11 is 0. The van der Waals surface area contributed by atoms with Crippen LogP contribution in [0.25, 0.3) is 16.9 Å². The minimum Gasteiger partial charge on any atom is -0.497 e. The third kappa shape index (κ3) is 3.66. The van der Waals surface area contributed by atoms with Crippen LogP contribution >= 0.6 is 0 Å². The molecule has 0 saturated carbocycles. The molecule has 2 aromatic carbocycles. The number of H-pyrrole nitrogens is 1. The maximum atomic E-state index is 13.6. The SMILES string of the molecule is COc1ccc(Cc2c(C)nc3c(N4CCCCC4)c(-c4ccccc4)[nH]n3c2=O)cc1. The molecule has 6 heteroatoms. The number of methoxy groups -OCH3 is 1. The number of hydrogen-bond donors (Lipinski definition) is 1. The van der Waals surface area contributed by atoms with Gasteiger partial charge in [0.25, 0.3) is 5.56 Å². The number of aromatic nitrogens is 3. The van der Waals surface area contributed by atoms with Crippen LogP contribution in [0.1, 0.15) is 36.1 Å². The Morgan fingerprint density at radius 1 is 1.00 bits per heavy atom. The predicted molar refractivity (Wildman–Crippen MR) is 128 cm³/mol. The Bertz CT molecular complexity index is 1280. The van der Waals surface area contributed by atoms with Crippen LogP contribution in [-0.4, -0.2) is 34.8 Å². The summed E-state index contributed by atoms with van der Waals surface area (Å²) in [4.78, 5) is 20.9. The number of hydrogen-bond acceptors (Lipinski definition) is 4. The Hall–Kier alpha value is -3.54. The quantitative estimate of drug-likeness (QED) is 0.505. The van der Waals surface area contributed by atoms with Gasteiger partial charge in [-0.3, -0.25) is 9.89 Å². The fourth-order valence-electron chi connectivity index (χ4n) is 4.58. The summed E-state index contributed by atoms with van der Waals surface area (Å²) in [6, 6.07) is 18.0.